The Bertz CT molecular complexity index is 543. The Morgan fingerprint density at radius 2 is 1.35 bits per heavy atom. The quantitative estimate of drug-likeness (QED) is 0.803. The van der Waals surface area contributed by atoms with E-state index in [0.29, 0.717) is 5.46 Å². The molecule has 2 aromatic rings. The summed E-state index contributed by atoms with van der Waals surface area (Å²) in [5, 5.41) is 18.1. The van der Waals surface area contributed by atoms with Gasteiger partial charge < -0.3 is 10.0 Å². The maximum absolute atomic E-state index is 12.8. The number of rotatable bonds is 5. The molecular formula is C15H17BFNO2. The molecular weight excluding hydrogens is 256 g/mol. The lowest BCUT2D eigenvalue weighted by atomic mass is 9.80. The van der Waals surface area contributed by atoms with Gasteiger partial charge in [-0.2, -0.15) is 0 Å². The van der Waals surface area contributed by atoms with Crippen molar-refractivity contribution >= 4 is 12.6 Å². The monoisotopic (exact) mass is 273 g/mol. The molecule has 0 aromatic heterocycles. The van der Waals surface area contributed by atoms with Crippen molar-refractivity contribution in [1.82, 2.24) is 4.90 Å². The summed E-state index contributed by atoms with van der Waals surface area (Å²) in [7, 11) is 0.555. The molecule has 5 heteroatoms. The van der Waals surface area contributed by atoms with Crippen LogP contribution in [0, 0.1) is 5.82 Å². The lowest BCUT2D eigenvalue weighted by Crippen LogP contribution is -2.29. The number of hydrogen-bond acceptors (Lipinski definition) is 3. The van der Waals surface area contributed by atoms with Gasteiger partial charge in [-0.1, -0.05) is 36.4 Å². The summed E-state index contributed by atoms with van der Waals surface area (Å²) in [5.74, 6) is -0.227. The van der Waals surface area contributed by atoms with Crippen molar-refractivity contribution in [2.24, 2.45) is 0 Å². The first-order valence-corrected chi connectivity index (χ1v) is 6.42. The minimum atomic E-state index is -1.43. The Hall–Kier alpha value is -1.69. The van der Waals surface area contributed by atoms with E-state index in [1.807, 2.05) is 19.2 Å². The molecule has 0 saturated heterocycles. The van der Waals surface area contributed by atoms with Crippen LogP contribution in [0.1, 0.15) is 11.1 Å². The number of hydrogen-bond donors (Lipinski definition) is 2. The molecule has 0 radical (unpaired) electrons. The molecule has 0 heterocycles. The highest BCUT2D eigenvalue weighted by Crippen LogP contribution is 2.08. The van der Waals surface area contributed by atoms with Crippen molar-refractivity contribution in [3.05, 3.63) is 65.5 Å². The molecule has 0 saturated carbocycles. The van der Waals surface area contributed by atoms with E-state index in [1.54, 1.807) is 24.3 Å². The van der Waals surface area contributed by atoms with Gasteiger partial charge in [-0.05, 0) is 35.8 Å². The van der Waals surface area contributed by atoms with Gasteiger partial charge in [-0.15, -0.1) is 0 Å². The molecule has 0 bridgehead atoms. The van der Waals surface area contributed by atoms with Crippen LogP contribution in [0.2, 0.25) is 0 Å². The second kappa shape index (κ2) is 6.66. The third-order valence-electron chi connectivity index (χ3n) is 3.10. The van der Waals surface area contributed by atoms with Crippen molar-refractivity contribution < 1.29 is 14.4 Å². The predicted molar refractivity (Wildman–Crippen MR) is 77.8 cm³/mol. The summed E-state index contributed by atoms with van der Waals surface area (Å²) < 4.78 is 12.8. The van der Waals surface area contributed by atoms with E-state index in [1.165, 1.54) is 12.1 Å². The van der Waals surface area contributed by atoms with E-state index in [9.17, 15) is 4.39 Å². The van der Waals surface area contributed by atoms with Crippen LogP contribution >= 0.6 is 0 Å². The molecule has 20 heavy (non-hydrogen) atoms. The smallest absolute Gasteiger partial charge is 0.423 e. The van der Waals surface area contributed by atoms with Crippen LogP contribution < -0.4 is 5.46 Å². The Morgan fingerprint density at radius 1 is 0.900 bits per heavy atom. The molecule has 0 aliphatic carbocycles. The molecule has 3 nitrogen and oxygen atoms in total. The van der Waals surface area contributed by atoms with Crippen LogP contribution in [0.25, 0.3) is 0 Å². The van der Waals surface area contributed by atoms with Gasteiger partial charge in [0.25, 0.3) is 0 Å². The van der Waals surface area contributed by atoms with Crippen molar-refractivity contribution in [1.29, 1.82) is 0 Å². The number of halogens is 1. The van der Waals surface area contributed by atoms with Gasteiger partial charge in [0.1, 0.15) is 5.82 Å². The van der Waals surface area contributed by atoms with E-state index in [2.05, 4.69) is 4.90 Å². The van der Waals surface area contributed by atoms with Crippen LogP contribution in [-0.2, 0) is 13.1 Å². The van der Waals surface area contributed by atoms with Gasteiger partial charge >= 0.3 is 7.12 Å². The third kappa shape index (κ3) is 4.16. The lowest BCUT2D eigenvalue weighted by Gasteiger charge is -2.17. The Labute approximate surface area is 118 Å². The second-order valence-corrected chi connectivity index (χ2v) is 4.91. The molecule has 0 amide bonds. The fourth-order valence-electron chi connectivity index (χ4n) is 2.06. The van der Waals surface area contributed by atoms with E-state index >= 15 is 0 Å². The third-order valence-corrected chi connectivity index (χ3v) is 3.10. The summed E-state index contributed by atoms with van der Waals surface area (Å²) in [6.07, 6.45) is 0. The Morgan fingerprint density at radius 3 is 1.80 bits per heavy atom. The molecule has 0 aliphatic heterocycles. The van der Waals surface area contributed by atoms with Crippen molar-refractivity contribution in [3.8, 4) is 0 Å². The molecule has 2 rings (SSSR count). The van der Waals surface area contributed by atoms with Gasteiger partial charge in [-0.25, -0.2) is 4.39 Å². The molecule has 0 atom stereocenters. The predicted octanol–water partition coefficient (Wildman–Crippen LogP) is 1.14. The highest BCUT2D eigenvalue weighted by molar-refractivity contribution is 6.58. The van der Waals surface area contributed by atoms with Gasteiger partial charge in [-0.3, -0.25) is 4.90 Å². The lowest BCUT2D eigenvalue weighted by molar-refractivity contribution is 0.319. The zero-order valence-corrected chi connectivity index (χ0v) is 11.3. The van der Waals surface area contributed by atoms with Gasteiger partial charge in [0.2, 0.25) is 0 Å². The van der Waals surface area contributed by atoms with Gasteiger partial charge in [0, 0.05) is 13.1 Å². The van der Waals surface area contributed by atoms with Crippen molar-refractivity contribution in [3.63, 3.8) is 0 Å². The first-order valence-electron chi connectivity index (χ1n) is 6.42. The van der Waals surface area contributed by atoms with Crippen molar-refractivity contribution in [2.45, 2.75) is 13.1 Å². The Kier molecular flexibility index (Phi) is 4.90. The van der Waals surface area contributed by atoms with Crippen LogP contribution in [-0.4, -0.2) is 29.1 Å². The summed E-state index contributed by atoms with van der Waals surface area (Å²) in [6.45, 7) is 1.46. The molecule has 0 spiro atoms. The summed E-state index contributed by atoms with van der Waals surface area (Å²) >= 11 is 0. The van der Waals surface area contributed by atoms with Gasteiger partial charge in [0.05, 0.1) is 0 Å². The topological polar surface area (TPSA) is 43.7 Å². The molecule has 0 aliphatic rings. The molecule has 0 fully saturated rings. The molecule has 2 aromatic carbocycles. The van der Waals surface area contributed by atoms with E-state index in [-0.39, 0.29) is 5.82 Å². The minimum Gasteiger partial charge on any atom is -0.423 e. The second-order valence-electron chi connectivity index (χ2n) is 4.91. The maximum atomic E-state index is 12.8. The summed E-state index contributed by atoms with van der Waals surface area (Å²) in [4.78, 5) is 2.11. The van der Waals surface area contributed by atoms with Crippen LogP contribution in [0.4, 0.5) is 4.39 Å². The molecule has 2 N–H and O–H groups in total. The average molecular weight is 273 g/mol. The first kappa shape index (κ1) is 14.7. The molecule has 0 unspecified atom stereocenters. The standard InChI is InChI=1S/C15H17BFNO2/c1-18(11-13-4-8-15(17)9-5-13)10-12-2-6-14(7-3-12)16(19)20/h2-9,19-20H,10-11H2,1H3. The highest BCUT2D eigenvalue weighted by atomic mass is 19.1. The fourth-order valence-corrected chi connectivity index (χ4v) is 2.06. The van der Waals surface area contributed by atoms with Crippen LogP contribution in [0.15, 0.2) is 48.5 Å². The average Bonchev–Trinajstić information content (AvgIpc) is 2.42. The minimum absolute atomic E-state index is 0.227. The SMILES string of the molecule is CN(Cc1ccc(F)cc1)Cc1ccc(B(O)O)cc1. The van der Waals surface area contributed by atoms with Crippen LogP contribution in [0.3, 0.4) is 0 Å². The highest BCUT2D eigenvalue weighted by Gasteiger charge is 2.10. The first-order chi connectivity index (χ1) is 9.54. The van der Waals surface area contributed by atoms with E-state index in [4.69, 9.17) is 10.0 Å². The summed E-state index contributed by atoms with van der Waals surface area (Å²) in [5.41, 5.74) is 2.62. The normalized spacial score (nSPS) is 10.8. The van der Waals surface area contributed by atoms with Crippen molar-refractivity contribution in [2.75, 3.05) is 7.05 Å². The van der Waals surface area contributed by atoms with E-state index in [0.717, 1.165) is 24.2 Å². The zero-order valence-electron chi connectivity index (χ0n) is 11.3. The largest absolute Gasteiger partial charge is 0.488 e. The molecule has 104 valence electrons. The van der Waals surface area contributed by atoms with Crippen LogP contribution in [0.5, 0.6) is 0 Å². The number of benzene rings is 2. The van der Waals surface area contributed by atoms with Gasteiger partial charge in [0.15, 0.2) is 0 Å². The van der Waals surface area contributed by atoms with E-state index < -0.39 is 7.12 Å². The summed E-state index contributed by atoms with van der Waals surface area (Å²) in [6, 6.07) is 13.6. The maximum Gasteiger partial charge on any atom is 0.488 e. The fraction of sp³-hybridized carbons (Fsp3) is 0.200. The Balaban J connectivity index is 1.93. The zero-order chi connectivity index (χ0) is 14.5. The number of nitrogens with zero attached hydrogens (tertiary/aromatic N) is 1.